The molecular formula is C20H26N2O4S. The van der Waals surface area contributed by atoms with Gasteiger partial charge in [-0.1, -0.05) is 6.07 Å². The highest BCUT2D eigenvalue weighted by atomic mass is 32.1. The van der Waals surface area contributed by atoms with Gasteiger partial charge in [-0.05, 0) is 52.8 Å². The van der Waals surface area contributed by atoms with Crippen molar-refractivity contribution in [1.82, 2.24) is 9.88 Å². The number of hydrogen-bond donors (Lipinski definition) is 0. The first-order valence-electron chi connectivity index (χ1n) is 8.92. The van der Waals surface area contributed by atoms with Crippen molar-refractivity contribution in [3.05, 3.63) is 46.4 Å². The molecule has 0 aliphatic heterocycles. The lowest BCUT2D eigenvalue weighted by molar-refractivity contribution is -0.143. The van der Waals surface area contributed by atoms with Crippen molar-refractivity contribution in [2.75, 3.05) is 0 Å². The fourth-order valence-corrected chi connectivity index (χ4v) is 3.32. The van der Waals surface area contributed by atoms with Crippen LogP contribution in [-0.4, -0.2) is 39.9 Å². The Morgan fingerprint density at radius 3 is 2.44 bits per heavy atom. The molecule has 0 N–H and O–H groups in total. The number of rotatable bonds is 8. The molecule has 1 unspecified atom stereocenters. The van der Waals surface area contributed by atoms with Crippen molar-refractivity contribution < 1.29 is 19.1 Å². The minimum Gasteiger partial charge on any atom is -0.487 e. The van der Waals surface area contributed by atoms with Gasteiger partial charge in [0.15, 0.2) is 6.10 Å². The molecule has 6 nitrogen and oxygen atoms in total. The largest absolute Gasteiger partial charge is 0.487 e. The normalized spacial score (nSPS) is 12.1. The van der Waals surface area contributed by atoms with E-state index < -0.39 is 12.1 Å². The molecule has 0 aliphatic rings. The molecule has 1 atom stereocenters. The predicted molar refractivity (Wildman–Crippen MR) is 105 cm³/mol. The molecular weight excluding hydrogens is 364 g/mol. The molecule has 0 spiro atoms. The maximum atomic E-state index is 12.6. The third-order valence-corrected chi connectivity index (χ3v) is 4.57. The molecule has 7 heteroatoms. The summed E-state index contributed by atoms with van der Waals surface area (Å²) >= 11 is 1.50. The molecule has 0 aliphatic carbocycles. The molecule has 0 bridgehead atoms. The molecule has 1 aromatic carbocycles. The maximum absolute atomic E-state index is 12.6. The van der Waals surface area contributed by atoms with E-state index in [1.807, 2.05) is 33.1 Å². The van der Waals surface area contributed by atoms with E-state index in [1.54, 1.807) is 41.6 Å². The molecule has 27 heavy (non-hydrogen) atoms. The van der Waals surface area contributed by atoms with E-state index in [0.717, 1.165) is 5.69 Å². The van der Waals surface area contributed by atoms with Crippen LogP contribution in [0.3, 0.4) is 0 Å². The van der Waals surface area contributed by atoms with Crippen LogP contribution < -0.4 is 4.74 Å². The van der Waals surface area contributed by atoms with E-state index in [1.165, 1.54) is 11.3 Å². The zero-order valence-electron chi connectivity index (χ0n) is 16.3. The minimum absolute atomic E-state index is 0.0288. The van der Waals surface area contributed by atoms with E-state index in [0.29, 0.717) is 17.9 Å². The second-order valence-corrected chi connectivity index (χ2v) is 7.50. The number of nitrogens with zero attached hydrogens (tertiary/aromatic N) is 2. The zero-order valence-corrected chi connectivity index (χ0v) is 17.2. The molecule has 0 saturated heterocycles. The number of thiazole rings is 1. The number of hydrogen-bond acceptors (Lipinski definition) is 6. The summed E-state index contributed by atoms with van der Waals surface area (Å²) in [6.45, 7) is 9.69. The summed E-state index contributed by atoms with van der Waals surface area (Å²) in [7, 11) is 0. The fourth-order valence-electron chi connectivity index (χ4n) is 2.77. The molecule has 2 rings (SSSR count). The standard InChI is InChI=1S/C20H26N2O4S/c1-13(2)22(14(3)4)19(23)15(5)26-20(24)16-7-6-8-18(9-16)25-10-17-11-27-12-21-17/h6-9,11-15H,10H2,1-5H3. The average Bonchev–Trinajstić information content (AvgIpc) is 3.13. The molecule has 0 saturated carbocycles. The van der Waals surface area contributed by atoms with Gasteiger partial charge in [0.25, 0.3) is 5.91 Å². The number of benzene rings is 1. The van der Waals surface area contributed by atoms with Gasteiger partial charge in [0.2, 0.25) is 0 Å². The summed E-state index contributed by atoms with van der Waals surface area (Å²) in [6, 6.07) is 6.78. The maximum Gasteiger partial charge on any atom is 0.339 e. The van der Waals surface area contributed by atoms with Crippen molar-refractivity contribution >= 4 is 23.2 Å². The Bertz CT molecular complexity index is 751. The fraction of sp³-hybridized carbons (Fsp3) is 0.450. The third-order valence-electron chi connectivity index (χ3n) is 3.94. The summed E-state index contributed by atoms with van der Waals surface area (Å²) in [5.41, 5.74) is 2.91. The van der Waals surface area contributed by atoms with Gasteiger partial charge in [-0.3, -0.25) is 4.79 Å². The molecule has 1 amide bonds. The van der Waals surface area contributed by atoms with Crippen LogP contribution in [0.4, 0.5) is 0 Å². The SMILES string of the molecule is CC(OC(=O)c1cccc(OCc2cscn2)c1)C(=O)N(C(C)C)C(C)C. The van der Waals surface area contributed by atoms with Gasteiger partial charge in [-0.25, -0.2) is 9.78 Å². The summed E-state index contributed by atoms with van der Waals surface area (Å²) in [5, 5.41) is 1.90. The van der Waals surface area contributed by atoms with Crippen LogP contribution in [-0.2, 0) is 16.1 Å². The van der Waals surface area contributed by atoms with E-state index in [-0.39, 0.29) is 18.0 Å². The number of ether oxygens (including phenoxy) is 2. The first-order valence-corrected chi connectivity index (χ1v) is 9.87. The first-order chi connectivity index (χ1) is 12.8. The van der Waals surface area contributed by atoms with Crippen LogP contribution in [0.2, 0.25) is 0 Å². The van der Waals surface area contributed by atoms with Crippen molar-refractivity contribution in [1.29, 1.82) is 0 Å². The topological polar surface area (TPSA) is 68.7 Å². The Kier molecular flexibility index (Phi) is 7.36. The second-order valence-electron chi connectivity index (χ2n) is 6.78. The number of aromatic nitrogens is 1. The highest BCUT2D eigenvalue weighted by Crippen LogP contribution is 2.17. The quantitative estimate of drug-likeness (QED) is 0.639. The molecule has 2 aromatic rings. The molecule has 0 radical (unpaired) electrons. The minimum atomic E-state index is -0.859. The lowest BCUT2D eigenvalue weighted by atomic mass is 10.2. The van der Waals surface area contributed by atoms with Crippen LogP contribution in [0, 0.1) is 0 Å². The van der Waals surface area contributed by atoms with Crippen LogP contribution in [0.25, 0.3) is 0 Å². The van der Waals surface area contributed by atoms with Gasteiger partial charge in [0.05, 0.1) is 16.8 Å². The highest BCUT2D eigenvalue weighted by Gasteiger charge is 2.28. The van der Waals surface area contributed by atoms with Gasteiger partial charge in [-0.15, -0.1) is 11.3 Å². The summed E-state index contributed by atoms with van der Waals surface area (Å²) in [4.78, 5) is 30.9. The molecule has 1 aromatic heterocycles. The van der Waals surface area contributed by atoms with Gasteiger partial charge in [-0.2, -0.15) is 0 Å². The van der Waals surface area contributed by atoms with Gasteiger partial charge in [0, 0.05) is 17.5 Å². The van der Waals surface area contributed by atoms with E-state index >= 15 is 0 Å². The van der Waals surface area contributed by atoms with Crippen LogP contribution >= 0.6 is 11.3 Å². The summed E-state index contributed by atoms with van der Waals surface area (Å²) in [5.74, 6) is -0.214. The Hall–Kier alpha value is -2.41. The van der Waals surface area contributed by atoms with Crippen LogP contribution in [0.15, 0.2) is 35.2 Å². The second kappa shape index (κ2) is 9.50. The smallest absolute Gasteiger partial charge is 0.339 e. The van der Waals surface area contributed by atoms with Crippen molar-refractivity contribution in [2.24, 2.45) is 0 Å². The lowest BCUT2D eigenvalue weighted by Crippen LogP contribution is -2.47. The molecule has 1 heterocycles. The van der Waals surface area contributed by atoms with E-state index in [2.05, 4.69) is 4.98 Å². The van der Waals surface area contributed by atoms with Gasteiger partial charge >= 0.3 is 5.97 Å². The summed E-state index contributed by atoms with van der Waals surface area (Å²) in [6.07, 6.45) is -0.859. The lowest BCUT2D eigenvalue weighted by Gasteiger charge is -2.32. The number of carbonyl (C=O) groups excluding carboxylic acids is 2. The summed E-state index contributed by atoms with van der Waals surface area (Å²) < 4.78 is 11.0. The van der Waals surface area contributed by atoms with Crippen LogP contribution in [0.1, 0.15) is 50.7 Å². The number of amides is 1. The van der Waals surface area contributed by atoms with Crippen molar-refractivity contribution in [3.8, 4) is 5.75 Å². The first kappa shape index (κ1) is 20.9. The highest BCUT2D eigenvalue weighted by molar-refractivity contribution is 7.07. The van der Waals surface area contributed by atoms with Gasteiger partial charge < -0.3 is 14.4 Å². The van der Waals surface area contributed by atoms with Crippen molar-refractivity contribution in [2.45, 2.75) is 59.4 Å². The molecule has 146 valence electrons. The van der Waals surface area contributed by atoms with E-state index in [9.17, 15) is 9.59 Å². The molecule has 0 fully saturated rings. The van der Waals surface area contributed by atoms with E-state index in [4.69, 9.17) is 9.47 Å². The third kappa shape index (κ3) is 5.79. The van der Waals surface area contributed by atoms with Crippen LogP contribution in [0.5, 0.6) is 5.75 Å². The Labute approximate surface area is 164 Å². The van der Waals surface area contributed by atoms with Crippen molar-refractivity contribution in [3.63, 3.8) is 0 Å². The Balaban J connectivity index is 2.00. The number of esters is 1. The average molecular weight is 391 g/mol. The number of carbonyl (C=O) groups is 2. The monoisotopic (exact) mass is 390 g/mol. The Morgan fingerprint density at radius 1 is 1.15 bits per heavy atom. The predicted octanol–water partition coefficient (Wildman–Crippen LogP) is 3.91. The van der Waals surface area contributed by atoms with Gasteiger partial charge in [0.1, 0.15) is 12.4 Å². The Morgan fingerprint density at radius 2 is 1.85 bits per heavy atom. The zero-order chi connectivity index (χ0) is 20.0.